The van der Waals surface area contributed by atoms with E-state index in [4.69, 9.17) is 0 Å². The lowest BCUT2D eigenvalue weighted by atomic mass is 9.60. The number of sulfonamides is 1. The molecular weight excluding hydrogens is 354 g/mol. The Balaban J connectivity index is 1.69. The molecule has 142 valence electrons. The molecule has 0 aliphatic carbocycles. The molecule has 9 heteroatoms. The third kappa shape index (κ3) is 2.51. The van der Waals surface area contributed by atoms with Gasteiger partial charge in [-0.1, -0.05) is 0 Å². The van der Waals surface area contributed by atoms with Gasteiger partial charge in [-0.3, -0.25) is 4.79 Å². The van der Waals surface area contributed by atoms with Crippen LogP contribution in [0.1, 0.15) is 19.3 Å². The lowest BCUT2D eigenvalue weighted by Crippen LogP contribution is -2.53. The summed E-state index contributed by atoms with van der Waals surface area (Å²) in [5, 5.41) is 0. The smallest absolute Gasteiger partial charge is 0.231 e. The molecule has 1 aromatic heterocycles. The molecule has 0 radical (unpaired) electrons. The van der Waals surface area contributed by atoms with Crippen molar-refractivity contribution >= 4 is 21.9 Å². The van der Waals surface area contributed by atoms with Crippen molar-refractivity contribution in [3.05, 3.63) is 18.5 Å². The molecule has 1 amide bonds. The van der Waals surface area contributed by atoms with Gasteiger partial charge in [0.2, 0.25) is 21.9 Å². The van der Waals surface area contributed by atoms with Crippen LogP contribution in [0.3, 0.4) is 0 Å². The van der Waals surface area contributed by atoms with Crippen molar-refractivity contribution in [1.82, 2.24) is 19.2 Å². The summed E-state index contributed by atoms with van der Waals surface area (Å²) >= 11 is 0. The predicted molar refractivity (Wildman–Crippen MR) is 97.0 cm³/mol. The zero-order valence-electron chi connectivity index (χ0n) is 15.3. The van der Waals surface area contributed by atoms with Crippen LogP contribution in [0.2, 0.25) is 0 Å². The molecule has 3 aliphatic heterocycles. The van der Waals surface area contributed by atoms with E-state index in [1.807, 2.05) is 11.9 Å². The number of aromatic nitrogens is 2. The van der Waals surface area contributed by atoms with Crippen LogP contribution in [0.15, 0.2) is 18.5 Å². The Morgan fingerprint density at radius 3 is 2.23 bits per heavy atom. The van der Waals surface area contributed by atoms with Gasteiger partial charge in [-0.25, -0.2) is 22.7 Å². The molecule has 3 aliphatic rings. The average Bonchev–Trinajstić information content (AvgIpc) is 3.09. The number of anilines is 1. The molecular formula is C17H25N5O3S. The quantitative estimate of drug-likeness (QED) is 0.729. The number of hydrogen-bond donors (Lipinski definition) is 0. The topological polar surface area (TPSA) is 86.7 Å². The molecule has 0 aromatic carbocycles. The van der Waals surface area contributed by atoms with E-state index in [1.165, 1.54) is 10.6 Å². The first-order valence-electron chi connectivity index (χ1n) is 9.00. The Labute approximate surface area is 154 Å². The molecule has 4 heterocycles. The van der Waals surface area contributed by atoms with E-state index in [1.54, 1.807) is 18.5 Å². The minimum Gasteiger partial charge on any atom is -0.345 e. The summed E-state index contributed by atoms with van der Waals surface area (Å²) in [5.41, 5.74) is -0.695. The number of rotatable bonds is 2. The lowest BCUT2D eigenvalue weighted by molar-refractivity contribution is -0.140. The maximum Gasteiger partial charge on any atom is 0.231 e. The highest BCUT2D eigenvalue weighted by Gasteiger charge is 2.65. The van der Waals surface area contributed by atoms with Crippen molar-refractivity contribution in [1.29, 1.82) is 0 Å². The molecule has 8 nitrogen and oxygen atoms in total. The largest absolute Gasteiger partial charge is 0.345 e. The van der Waals surface area contributed by atoms with E-state index in [0.717, 1.165) is 13.0 Å². The summed E-state index contributed by atoms with van der Waals surface area (Å²) in [5.74, 6) is 0.834. The summed E-state index contributed by atoms with van der Waals surface area (Å²) in [7, 11) is -1.34. The van der Waals surface area contributed by atoms with E-state index in [9.17, 15) is 13.2 Å². The standard InChI is InChI=1S/C17H25N5O3S/c1-20-9-6-17(14(20)23)13-21(15-18-7-3-8-19-15)12-16(17)4-10-22(11-5-16)26(2,24)25/h3,7-8H,4-6,9-13H2,1-2H3/t17-/m0/s1. The van der Waals surface area contributed by atoms with Gasteiger partial charge < -0.3 is 9.80 Å². The number of carbonyl (C=O) groups is 1. The first kappa shape index (κ1) is 17.7. The first-order valence-corrected chi connectivity index (χ1v) is 10.9. The minimum atomic E-state index is -3.20. The Bertz CT molecular complexity index is 807. The summed E-state index contributed by atoms with van der Waals surface area (Å²) in [4.78, 5) is 25.9. The predicted octanol–water partition coefficient (Wildman–Crippen LogP) is 0.187. The number of amides is 1. The number of fused-ring (bicyclic) bond motifs is 1. The van der Waals surface area contributed by atoms with Crippen LogP contribution in [0, 0.1) is 10.8 Å². The highest BCUT2D eigenvalue weighted by Crippen LogP contribution is 2.58. The van der Waals surface area contributed by atoms with Crippen LogP contribution in [-0.4, -0.2) is 79.5 Å². The zero-order valence-corrected chi connectivity index (χ0v) is 16.1. The Morgan fingerprint density at radius 1 is 1.04 bits per heavy atom. The van der Waals surface area contributed by atoms with Crippen LogP contribution in [0.5, 0.6) is 0 Å². The van der Waals surface area contributed by atoms with Crippen molar-refractivity contribution in [2.75, 3.05) is 50.9 Å². The van der Waals surface area contributed by atoms with Crippen LogP contribution in [-0.2, 0) is 14.8 Å². The normalized spacial score (nSPS) is 29.2. The van der Waals surface area contributed by atoms with E-state index >= 15 is 0 Å². The maximum absolute atomic E-state index is 13.2. The Kier molecular flexibility index (Phi) is 4.00. The second-order valence-corrected chi connectivity index (χ2v) is 9.89. The number of likely N-dealkylation sites (tertiary alicyclic amines) is 1. The van der Waals surface area contributed by atoms with Gasteiger partial charge in [-0.15, -0.1) is 0 Å². The van der Waals surface area contributed by atoms with Gasteiger partial charge in [0.15, 0.2) is 0 Å². The van der Waals surface area contributed by atoms with E-state index in [0.29, 0.717) is 45.0 Å². The van der Waals surface area contributed by atoms with Crippen LogP contribution >= 0.6 is 0 Å². The minimum absolute atomic E-state index is 0.184. The van der Waals surface area contributed by atoms with Crippen molar-refractivity contribution < 1.29 is 13.2 Å². The third-order valence-electron chi connectivity index (χ3n) is 6.58. The highest BCUT2D eigenvalue weighted by molar-refractivity contribution is 7.88. The second-order valence-electron chi connectivity index (χ2n) is 7.91. The van der Waals surface area contributed by atoms with Gasteiger partial charge in [-0.05, 0) is 25.3 Å². The van der Waals surface area contributed by atoms with E-state index in [2.05, 4.69) is 14.9 Å². The molecule has 0 bridgehead atoms. The third-order valence-corrected chi connectivity index (χ3v) is 7.89. The molecule has 2 spiro atoms. The molecule has 0 saturated carbocycles. The van der Waals surface area contributed by atoms with Crippen LogP contribution in [0.4, 0.5) is 5.95 Å². The second kappa shape index (κ2) is 5.88. The van der Waals surface area contributed by atoms with Crippen LogP contribution < -0.4 is 4.90 Å². The lowest BCUT2D eigenvalue weighted by Gasteiger charge is -2.46. The zero-order chi connectivity index (χ0) is 18.6. The first-order chi connectivity index (χ1) is 12.3. The SMILES string of the molecule is CN1CC[C@]2(CN(c3ncccn3)CC23CCN(S(C)(=O)=O)CC3)C1=O. The molecule has 1 atom stereocenters. The average molecular weight is 379 g/mol. The highest BCUT2D eigenvalue weighted by atomic mass is 32.2. The fraction of sp³-hybridized carbons (Fsp3) is 0.706. The fourth-order valence-corrected chi connectivity index (χ4v) is 5.96. The molecule has 1 aromatic rings. The van der Waals surface area contributed by atoms with E-state index in [-0.39, 0.29) is 11.3 Å². The van der Waals surface area contributed by atoms with Gasteiger partial charge in [-0.2, -0.15) is 0 Å². The number of nitrogens with zero attached hydrogens (tertiary/aromatic N) is 5. The van der Waals surface area contributed by atoms with Gasteiger partial charge in [0.05, 0.1) is 11.7 Å². The van der Waals surface area contributed by atoms with Crippen molar-refractivity contribution in [3.8, 4) is 0 Å². The van der Waals surface area contributed by atoms with Crippen LogP contribution in [0.25, 0.3) is 0 Å². The monoisotopic (exact) mass is 379 g/mol. The van der Waals surface area contributed by atoms with Gasteiger partial charge in [0.1, 0.15) is 0 Å². The van der Waals surface area contributed by atoms with Crippen molar-refractivity contribution in [2.24, 2.45) is 10.8 Å². The van der Waals surface area contributed by atoms with E-state index < -0.39 is 15.4 Å². The molecule has 0 N–H and O–H groups in total. The molecule has 26 heavy (non-hydrogen) atoms. The van der Waals surface area contributed by atoms with Gasteiger partial charge in [0.25, 0.3) is 0 Å². The molecule has 3 fully saturated rings. The number of carbonyl (C=O) groups excluding carboxylic acids is 1. The van der Waals surface area contributed by atoms with Gasteiger partial charge in [0, 0.05) is 57.6 Å². The maximum atomic E-state index is 13.2. The van der Waals surface area contributed by atoms with Crippen molar-refractivity contribution in [3.63, 3.8) is 0 Å². The van der Waals surface area contributed by atoms with Gasteiger partial charge >= 0.3 is 0 Å². The number of piperidine rings is 1. The fourth-order valence-electron chi connectivity index (χ4n) is 5.12. The molecule has 3 saturated heterocycles. The Morgan fingerprint density at radius 2 is 1.69 bits per heavy atom. The van der Waals surface area contributed by atoms with Crippen molar-refractivity contribution in [2.45, 2.75) is 19.3 Å². The molecule has 4 rings (SSSR count). The summed E-state index contributed by atoms with van der Waals surface area (Å²) in [6, 6.07) is 1.78. The summed E-state index contributed by atoms with van der Waals surface area (Å²) < 4.78 is 25.4. The summed E-state index contributed by atoms with van der Waals surface area (Å²) in [6.07, 6.45) is 6.90. The summed E-state index contributed by atoms with van der Waals surface area (Å²) in [6.45, 7) is 3.01. The Hall–Kier alpha value is -1.74. The molecule has 0 unspecified atom stereocenters. The number of hydrogen-bond acceptors (Lipinski definition) is 6.